The molecule has 2 unspecified atom stereocenters. The lowest BCUT2D eigenvalue weighted by Gasteiger charge is -2.17. The normalized spacial score (nSPS) is 20.5. The first-order chi connectivity index (χ1) is 9.15. The van der Waals surface area contributed by atoms with E-state index >= 15 is 0 Å². The van der Waals surface area contributed by atoms with Gasteiger partial charge in [-0.2, -0.15) is 0 Å². The van der Waals surface area contributed by atoms with E-state index in [1.165, 1.54) is 18.4 Å². The van der Waals surface area contributed by atoms with Gasteiger partial charge in [-0.05, 0) is 50.5 Å². The highest BCUT2D eigenvalue weighted by Gasteiger charge is 2.15. The van der Waals surface area contributed by atoms with Crippen molar-refractivity contribution in [1.82, 2.24) is 5.32 Å². The largest absolute Gasteiger partial charge is 0.489 e. The van der Waals surface area contributed by atoms with Crippen LogP contribution in [0.5, 0.6) is 5.75 Å². The molecule has 0 aliphatic carbocycles. The molecule has 1 aliphatic rings. The molecule has 1 aromatic carbocycles. The average Bonchev–Trinajstić information content (AvgIpc) is 2.87. The Hall–Kier alpha value is -0.580. The second-order valence-electron chi connectivity index (χ2n) is 5.13. The molecule has 2 rings (SSSR count). The summed E-state index contributed by atoms with van der Waals surface area (Å²) in [6.45, 7) is 6.83. The monoisotopic (exact) mass is 327 g/mol. The SMILES string of the molecule is Cc1cc(OC(C)CNCC2CCCO2)ccc1Br. The molecule has 0 bridgehead atoms. The van der Waals surface area contributed by atoms with Crippen LogP contribution >= 0.6 is 15.9 Å². The Kier molecular flexibility index (Phi) is 5.67. The zero-order valence-corrected chi connectivity index (χ0v) is 13.2. The van der Waals surface area contributed by atoms with E-state index in [-0.39, 0.29) is 6.10 Å². The molecule has 0 amide bonds. The number of hydrogen-bond acceptors (Lipinski definition) is 3. The van der Waals surface area contributed by atoms with Crippen molar-refractivity contribution in [2.24, 2.45) is 0 Å². The first kappa shape index (κ1) is 14.8. The molecule has 3 nitrogen and oxygen atoms in total. The molecule has 2 atom stereocenters. The zero-order chi connectivity index (χ0) is 13.7. The van der Waals surface area contributed by atoms with Gasteiger partial charge in [-0.15, -0.1) is 0 Å². The number of halogens is 1. The highest BCUT2D eigenvalue weighted by molar-refractivity contribution is 9.10. The maximum Gasteiger partial charge on any atom is 0.120 e. The molecule has 0 radical (unpaired) electrons. The van der Waals surface area contributed by atoms with Gasteiger partial charge in [0.1, 0.15) is 11.9 Å². The molecule has 1 aliphatic heterocycles. The molecular weight excluding hydrogens is 306 g/mol. The number of aryl methyl sites for hydroxylation is 1. The van der Waals surface area contributed by atoms with Crippen molar-refractivity contribution in [3.8, 4) is 5.75 Å². The third-order valence-corrected chi connectivity index (χ3v) is 4.18. The minimum atomic E-state index is 0.155. The maximum atomic E-state index is 5.89. The Labute approximate surface area is 123 Å². The molecule has 0 saturated carbocycles. The molecule has 0 spiro atoms. The van der Waals surface area contributed by atoms with Crippen molar-refractivity contribution >= 4 is 15.9 Å². The number of hydrogen-bond donors (Lipinski definition) is 1. The van der Waals surface area contributed by atoms with Crippen LogP contribution in [-0.4, -0.2) is 31.9 Å². The summed E-state index contributed by atoms with van der Waals surface area (Å²) in [5, 5.41) is 3.41. The van der Waals surface area contributed by atoms with E-state index in [0.29, 0.717) is 6.10 Å². The maximum absolute atomic E-state index is 5.89. The van der Waals surface area contributed by atoms with Gasteiger partial charge in [0, 0.05) is 24.2 Å². The van der Waals surface area contributed by atoms with Crippen molar-refractivity contribution in [2.75, 3.05) is 19.7 Å². The minimum absolute atomic E-state index is 0.155. The van der Waals surface area contributed by atoms with Gasteiger partial charge < -0.3 is 14.8 Å². The van der Waals surface area contributed by atoms with Crippen LogP contribution in [-0.2, 0) is 4.74 Å². The Morgan fingerprint density at radius 2 is 2.37 bits per heavy atom. The second-order valence-corrected chi connectivity index (χ2v) is 5.99. The van der Waals surface area contributed by atoms with E-state index in [4.69, 9.17) is 9.47 Å². The Morgan fingerprint density at radius 1 is 1.53 bits per heavy atom. The van der Waals surface area contributed by atoms with Crippen LogP contribution in [0.3, 0.4) is 0 Å². The molecule has 1 heterocycles. The van der Waals surface area contributed by atoms with E-state index in [1.54, 1.807) is 0 Å². The van der Waals surface area contributed by atoms with E-state index in [1.807, 2.05) is 12.1 Å². The highest BCUT2D eigenvalue weighted by atomic mass is 79.9. The number of benzene rings is 1. The van der Waals surface area contributed by atoms with E-state index in [0.717, 1.165) is 29.9 Å². The van der Waals surface area contributed by atoms with Crippen molar-refractivity contribution in [1.29, 1.82) is 0 Å². The molecule has 1 saturated heterocycles. The average molecular weight is 328 g/mol. The summed E-state index contributed by atoms with van der Waals surface area (Å²) in [6, 6.07) is 6.07. The molecular formula is C15H22BrNO2. The van der Waals surface area contributed by atoms with Crippen LogP contribution in [0.1, 0.15) is 25.3 Å². The van der Waals surface area contributed by atoms with Crippen LogP contribution in [0, 0.1) is 6.92 Å². The molecule has 1 fully saturated rings. The summed E-state index contributed by atoms with van der Waals surface area (Å²) in [7, 11) is 0. The van der Waals surface area contributed by atoms with Gasteiger partial charge >= 0.3 is 0 Å². The van der Waals surface area contributed by atoms with Gasteiger partial charge in [0.05, 0.1) is 6.10 Å². The second kappa shape index (κ2) is 7.27. The highest BCUT2D eigenvalue weighted by Crippen LogP contribution is 2.22. The van der Waals surface area contributed by atoms with Crippen molar-refractivity contribution in [2.45, 2.75) is 38.9 Å². The molecule has 19 heavy (non-hydrogen) atoms. The smallest absolute Gasteiger partial charge is 0.120 e. The number of ether oxygens (including phenoxy) is 2. The zero-order valence-electron chi connectivity index (χ0n) is 11.6. The summed E-state index contributed by atoms with van der Waals surface area (Å²) in [5.74, 6) is 0.923. The molecule has 4 heteroatoms. The topological polar surface area (TPSA) is 30.5 Å². The first-order valence-electron chi connectivity index (χ1n) is 6.90. The lowest BCUT2D eigenvalue weighted by atomic mass is 10.2. The quantitative estimate of drug-likeness (QED) is 0.869. The van der Waals surface area contributed by atoms with E-state index in [2.05, 4.69) is 41.2 Å². The van der Waals surface area contributed by atoms with Crippen LogP contribution in [0.25, 0.3) is 0 Å². The molecule has 1 aromatic rings. The van der Waals surface area contributed by atoms with Gasteiger partial charge in [-0.3, -0.25) is 0 Å². The van der Waals surface area contributed by atoms with Crippen LogP contribution in [0.2, 0.25) is 0 Å². The standard InChI is InChI=1S/C15H22BrNO2/c1-11-8-13(5-6-15(11)16)19-12(2)9-17-10-14-4-3-7-18-14/h5-6,8,12,14,17H,3-4,7,9-10H2,1-2H3. The molecule has 106 valence electrons. The molecule has 0 aromatic heterocycles. The van der Waals surface area contributed by atoms with Crippen molar-refractivity contribution < 1.29 is 9.47 Å². The molecule has 1 N–H and O–H groups in total. The van der Waals surface area contributed by atoms with Crippen molar-refractivity contribution in [3.05, 3.63) is 28.2 Å². The Morgan fingerprint density at radius 3 is 3.05 bits per heavy atom. The van der Waals surface area contributed by atoms with Gasteiger partial charge in [0.15, 0.2) is 0 Å². The summed E-state index contributed by atoms with van der Waals surface area (Å²) in [6.07, 6.45) is 2.91. The van der Waals surface area contributed by atoms with Gasteiger partial charge in [0.2, 0.25) is 0 Å². The minimum Gasteiger partial charge on any atom is -0.489 e. The third kappa shape index (κ3) is 4.79. The Bertz CT molecular complexity index is 405. The van der Waals surface area contributed by atoms with Gasteiger partial charge in [0.25, 0.3) is 0 Å². The Balaban J connectivity index is 1.70. The fourth-order valence-electron chi connectivity index (χ4n) is 2.22. The van der Waals surface area contributed by atoms with Crippen LogP contribution in [0.15, 0.2) is 22.7 Å². The summed E-state index contributed by atoms with van der Waals surface area (Å²) < 4.78 is 12.6. The fourth-order valence-corrected chi connectivity index (χ4v) is 2.46. The predicted octanol–water partition coefficient (Wildman–Crippen LogP) is 3.29. The number of rotatable bonds is 6. The van der Waals surface area contributed by atoms with Gasteiger partial charge in [-0.25, -0.2) is 0 Å². The van der Waals surface area contributed by atoms with E-state index in [9.17, 15) is 0 Å². The lowest BCUT2D eigenvalue weighted by molar-refractivity contribution is 0.106. The summed E-state index contributed by atoms with van der Waals surface area (Å²) >= 11 is 3.49. The van der Waals surface area contributed by atoms with Gasteiger partial charge in [-0.1, -0.05) is 15.9 Å². The predicted molar refractivity (Wildman–Crippen MR) is 80.8 cm³/mol. The van der Waals surface area contributed by atoms with Crippen molar-refractivity contribution in [3.63, 3.8) is 0 Å². The summed E-state index contributed by atoms with van der Waals surface area (Å²) in [5.41, 5.74) is 1.19. The lowest BCUT2D eigenvalue weighted by Crippen LogP contribution is -2.34. The van der Waals surface area contributed by atoms with Crippen LogP contribution < -0.4 is 10.1 Å². The number of nitrogens with one attached hydrogen (secondary N) is 1. The fraction of sp³-hybridized carbons (Fsp3) is 0.600. The van der Waals surface area contributed by atoms with E-state index < -0.39 is 0 Å². The van der Waals surface area contributed by atoms with Crippen LogP contribution in [0.4, 0.5) is 0 Å². The third-order valence-electron chi connectivity index (χ3n) is 3.29. The first-order valence-corrected chi connectivity index (χ1v) is 7.69. The summed E-state index contributed by atoms with van der Waals surface area (Å²) in [4.78, 5) is 0.